The molecule has 1 amide bonds. The number of nitrogens with zero attached hydrogens (tertiary/aromatic N) is 6. The van der Waals surface area contributed by atoms with Crippen LogP contribution in [-0.4, -0.2) is 104 Å². The molecule has 2 saturated heterocycles. The van der Waals surface area contributed by atoms with E-state index in [9.17, 15) is 9.18 Å². The van der Waals surface area contributed by atoms with Crippen molar-refractivity contribution in [1.29, 1.82) is 0 Å². The Morgan fingerprint density at radius 1 is 1.11 bits per heavy atom. The summed E-state index contributed by atoms with van der Waals surface area (Å²) in [5.74, 6) is 0.881. The molecule has 0 saturated carbocycles. The number of rotatable bonds is 8. The molecule has 3 aliphatic rings. The molecule has 6 rings (SSSR count). The Balaban J connectivity index is 1.29. The second kappa shape index (κ2) is 13.1. The number of fused-ring (bicyclic) bond motifs is 2. The van der Waals surface area contributed by atoms with Gasteiger partial charge in [0.25, 0.3) is 0 Å². The lowest BCUT2D eigenvalue weighted by atomic mass is 9.99. The summed E-state index contributed by atoms with van der Waals surface area (Å²) in [6.45, 7) is 8.81. The van der Waals surface area contributed by atoms with Crippen LogP contribution in [0.15, 0.2) is 48.6 Å². The van der Waals surface area contributed by atoms with Gasteiger partial charge in [-0.25, -0.2) is 4.39 Å². The number of amides is 1. The number of likely N-dealkylation sites (tertiary alicyclic amines) is 1. The first kappa shape index (κ1) is 30.3. The van der Waals surface area contributed by atoms with Crippen molar-refractivity contribution in [2.24, 2.45) is 0 Å². The number of aryl methyl sites for hydroxylation is 1. The fraction of sp³-hybridized carbons (Fsp3) is 0.500. The normalized spacial score (nSPS) is 22.7. The number of ether oxygens (including phenoxy) is 2. The summed E-state index contributed by atoms with van der Waals surface area (Å²) in [6.07, 6.45) is 3.76. The number of piperazine rings is 1. The van der Waals surface area contributed by atoms with Gasteiger partial charge in [0.1, 0.15) is 18.6 Å². The van der Waals surface area contributed by atoms with Crippen molar-refractivity contribution in [3.05, 3.63) is 65.4 Å². The van der Waals surface area contributed by atoms with Gasteiger partial charge in [0.15, 0.2) is 0 Å². The summed E-state index contributed by atoms with van der Waals surface area (Å²) >= 11 is 0. The van der Waals surface area contributed by atoms with Gasteiger partial charge in [-0.15, -0.1) is 0 Å². The number of methoxy groups -OCH3 is 1. The predicted molar refractivity (Wildman–Crippen MR) is 171 cm³/mol. The van der Waals surface area contributed by atoms with E-state index in [0.29, 0.717) is 58.4 Å². The third kappa shape index (κ3) is 6.23. The molecule has 0 aliphatic carbocycles. The van der Waals surface area contributed by atoms with Crippen LogP contribution in [0.4, 0.5) is 15.9 Å². The Kier molecular flexibility index (Phi) is 9.00. The lowest BCUT2D eigenvalue weighted by Gasteiger charge is -2.42. The van der Waals surface area contributed by atoms with Crippen molar-refractivity contribution in [2.45, 2.75) is 51.5 Å². The summed E-state index contributed by atoms with van der Waals surface area (Å²) in [5.41, 5.74) is 4.55. The topological polar surface area (TPSA) is 74.3 Å². The smallest absolute Gasteiger partial charge is 0.318 e. The Labute approximate surface area is 259 Å². The van der Waals surface area contributed by atoms with E-state index in [1.54, 1.807) is 19.3 Å². The van der Waals surface area contributed by atoms with E-state index in [1.165, 1.54) is 22.0 Å². The lowest BCUT2D eigenvalue weighted by Crippen LogP contribution is -2.54. The first-order valence-electron chi connectivity index (χ1n) is 15.6. The number of carbonyl (C=O) groups excluding carboxylic acids is 1. The zero-order chi connectivity index (χ0) is 30.8. The number of likely N-dealkylation sites (N-methyl/N-ethyl adjacent to an activating group) is 1. The number of carbonyl (C=O) groups is 1. The van der Waals surface area contributed by atoms with Gasteiger partial charge >= 0.3 is 6.01 Å². The fourth-order valence-electron chi connectivity index (χ4n) is 6.87. The molecule has 0 spiro atoms. The van der Waals surface area contributed by atoms with E-state index in [0.717, 1.165) is 30.0 Å². The minimum Gasteiger partial charge on any atom is -0.462 e. The molecule has 2 fully saturated rings. The van der Waals surface area contributed by atoms with Crippen LogP contribution in [-0.2, 0) is 22.5 Å². The second-order valence-electron chi connectivity index (χ2n) is 12.3. The highest BCUT2D eigenvalue weighted by Crippen LogP contribution is 2.36. The van der Waals surface area contributed by atoms with E-state index in [4.69, 9.17) is 19.4 Å². The van der Waals surface area contributed by atoms with E-state index < -0.39 is 6.17 Å². The molecule has 0 radical (unpaired) electrons. The molecule has 4 heterocycles. The lowest BCUT2D eigenvalue weighted by molar-refractivity contribution is -0.126. The number of halogens is 1. The number of alkyl halides is 1. The number of benzene rings is 2. The maximum atomic E-state index is 14.1. The molecule has 0 N–H and O–H groups in total. The third-order valence-corrected chi connectivity index (χ3v) is 9.23. The van der Waals surface area contributed by atoms with Crippen molar-refractivity contribution in [1.82, 2.24) is 19.8 Å². The van der Waals surface area contributed by atoms with Crippen molar-refractivity contribution >= 4 is 28.2 Å². The Morgan fingerprint density at radius 3 is 2.68 bits per heavy atom. The molecule has 44 heavy (non-hydrogen) atoms. The molecule has 2 unspecified atom stereocenters. The van der Waals surface area contributed by atoms with E-state index in [2.05, 4.69) is 60.0 Å². The predicted octanol–water partition coefficient (Wildman–Crippen LogP) is 4.16. The van der Waals surface area contributed by atoms with Crippen molar-refractivity contribution in [2.75, 3.05) is 69.9 Å². The van der Waals surface area contributed by atoms with Gasteiger partial charge in [0, 0.05) is 74.6 Å². The van der Waals surface area contributed by atoms with Crippen molar-refractivity contribution in [3.8, 4) is 6.01 Å². The fourth-order valence-corrected chi connectivity index (χ4v) is 6.87. The van der Waals surface area contributed by atoms with E-state index in [1.807, 2.05) is 16.8 Å². The van der Waals surface area contributed by atoms with E-state index in [-0.39, 0.29) is 18.0 Å². The van der Waals surface area contributed by atoms with Gasteiger partial charge in [-0.2, -0.15) is 9.97 Å². The van der Waals surface area contributed by atoms with Gasteiger partial charge in [-0.3, -0.25) is 9.69 Å². The molecule has 10 heteroatoms. The molecule has 2 aromatic carbocycles. The van der Waals surface area contributed by atoms with Gasteiger partial charge in [-0.1, -0.05) is 36.4 Å². The number of aromatic nitrogens is 2. The van der Waals surface area contributed by atoms with Crippen LogP contribution >= 0.6 is 0 Å². The Bertz CT molecular complexity index is 1530. The van der Waals surface area contributed by atoms with Crippen LogP contribution in [0.25, 0.3) is 10.8 Å². The maximum absolute atomic E-state index is 14.1. The molecule has 3 atom stereocenters. The standard InChI is InChI=1S/C34H43FN6O3/c1-23-8-5-9-25-10-6-11-30(32(23)25)39-14-13-28-29(21-39)36-34(44-22-27-18-26(35)20-38(27)3)37-33(28)41-16-15-40(19-24(41)2)31(42)12-7-17-43-4/h5-12,24,26-27H,13-22H2,1-4H3/b12-7+/t24-,26?,27?/m0/s1. The van der Waals surface area contributed by atoms with Crippen LogP contribution in [0.2, 0.25) is 0 Å². The van der Waals surface area contributed by atoms with Crippen LogP contribution < -0.4 is 14.5 Å². The molecular weight excluding hydrogens is 559 g/mol. The third-order valence-electron chi connectivity index (χ3n) is 9.23. The quantitative estimate of drug-likeness (QED) is 0.356. The second-order valence-corrected chi connectivity index (χ2v) is 12.3. The van der Waals surface area contributed by atoms with E-state index >= 15 is 0 Å². The molecule has 1 aromatic heterocycles. The molecule has 234 valence electrons. The summed E-state index contributed by atoms with van der Waals surface area (Å²) in [5, 5.41) is 2.49. The van der Waals surface area contributed by atoms with Crippen molar-refractivity contribution < 1.29 is 18.7 Å². The monoisotopic (exact) mass is 602 g/mol. The average molecular weight is 603 g/mol. The zero-order valence-electron chi connectivity index (χ0n) is 26.2. The number of hydrogen-bond acceptors (Lipinski definition) is 8. The van der Waals surface area contributed by atoms with Gasteiger partial charge in [-0.05, 0) is 50.8 Å². The highest BCUT2D eigenvalue weighted by atomic mass is 19.1. The highest BCUT2D eigenvalue weighted by molar-refractivity contribution is 5.97. The highest BCUT2D eigenvalue weighted by Gasteiger charge is 2.33. The summed E-state index contributed by atoms with van der Waals surface area (Å²) < 4.78 is 25.3. The first-order chi connectivity index (χ1) is 21.3. The van der Waals surface area contributed by atoms with Crippen molar-refractivity contribution in [3.63, 3.8) is 0 Å². The summed E-state index contributed by atoms with van der Waals surface area (Å²) in [4.78, 5) is 31.3. The molecule has 3 aliphatic heterocycles. The maximum Gasteiger partial charge on any atom is 0.318 e. The zero-order valence-corrected chi connectivity index (χ0v) is 26.2. The van der Waals surface area contributed by atoms with Gasteiger partial charge in [0.05, 0.1) is 18.8 Å². The molecule has 0 bridgehead atoms. The molecular formula is C34H43FN6O3. The molecule has 3 aromatic rings. The van der Waals surface area contributed by atoms with Crippen LogP contribution in [0.5, 0.6) is 6.01 Å². The number of anilines is 2. The summed E-state index contributed by atoms with van der Waals surface area (Å²) in [7, 11) is 3.55. The first-order valence-corrected chi connectivity index (χ1v) is 15.6. The Hall–Kier alpha value is -3.76. The molecule has 9 nitrogen and oxygen atoms in total. The van der Waals surface area contributed by atoms with Gasteiger partial charge < -0.3 is 24.2 Å². The largest absolute Gasteiger partial charge is 0.462 e. The van der Waals surface area contributed by atoms with Crippen LogP contribution in [0, 0.1) is 6.92 Å². The van der Waals surface area contributed by atoms with Gasteiger partial charge in [0.2, 0.25) is 5.91 Å². The average Bonchev–Trinajstić information content (AvgIpc) is 3.35. The minimum atomic E-state index is -0.837. The SMILES string of the molecule is COC/C=C/C(=O)N1CCN(c2nc(OCC3CC(F)CN3C)nc3c2CCN(c2cccc4cccc(C)c24)C3)[C@@H](C)C1. The summed E-state index contributed by atoms with van der Waals surface area (Å²) in [6, 6.07) is 13.3. The van der Waals surface area contributed by atoms with Crippen LogP contribution in [0.1, 0.15) is 30.2 Å². The minimum absolute atomic E-state index is 0.00448. The number of hydrogen-bond donors (Lipinski definition) is 0. The Morgan fingerprint density at radius 2 is 1.93 bits per heavy atom. The van der Waals surface area contributed by atoms with Crippen LogP contribution in [0.3, 0.4) is 0 Å².